The first kappa shape index (κ1) is 14.7. The summed E-state index contributed by atoms with van der Waals surface area (Å²) in [4.78, 5) is 0. The van der Waals surface area contributed by atoms with Crippen LogP contribution < -0.4 is 0 Å². The largest absolute Gasteiger partial charge is 0.310 e. The zero-order valence-electron chi connectivity index (χ0n) is 11.3. The standard InChI is InChI=1S/C14H17Br2N3/c1-9(2)8-19-12(7-15)17-18-14(19)11-6-4-5-10(3)13(11)16/h4-6,9H,7-8H2,1-3H3. The number of benzene rings is 1. The molecule has 0 radical (unpaired) electrons. The summed E-state index contributed by atoms with van der Waals surface area (Å²) < 4.78 is 3.28. The van der Waals surface area contributed by atoms with Crippen molar-refractivity contribution < 1.29 is 0 Å². The van der Waals surface area contributed by atoms with Crippen LogP contribution in [0.15, 0.2) is 22.7 Å². The fourth-order valence-electron chi connectivity index (χ4n) is 2.01. The molecule has 0 aliphatic carbocycles. The lowest BCUT2D eigenvalue weighted by molar-refractivity contribution is 0.516. The Morgan fingerprint density at radius 2 is 2.00 bits per heavy atom. The molecule has 5 heteroatoms. The third-order valence-electron chi connectivity index (χ3n) is 2.93. The summed E-state index contributed by atoms with van der Waals surface area (Å²) in [5.41, 5.74) is 2.30. The number of alkyl halides is 1. The van der Waals surface area contributed by atoms with Gasteiger partial charge in [0.2, 0.25) is 0 Å². The number of hydrogen-bond donors (Lipinski definition) is 0. The summed E-state index contributed by atoms with van der Waals surface area (Å²) >= 11 is 7.14. The minimum Gasteiger partial charge on any atom is -0.310 e. The summed E-state index contributed by atoms with van der Waals surface area (Å²) in [6, 6.07) is 6.22. The summed E-state index contributed by atoms with van der Waals surface area (Å²) in [5.74, 6) is 2.45. The number of nitrogens with zero attached hydrogens (tertiary/aromatic N) is 3. The molecule has 102 valence electrons. The van der Waals surface area contributed by atoms with Gasteiger partial charge in [-0.2, -0.15) is 0 Å². The Bertz CT molecular complexity index is 576. The van der Waals surface area contributed by atoms with Crippen molar-refractivity contribution in [2.24, 2.45) is 5.92 Å². The van der Waals surface area contributed by atoms with Gasteiger partial charge in [-0.05, 0) is 34.3 Å². The van der Waals surface area contributed by atoms with Crippen molar-refractivity contribution in [1.29, 1.82) is 0 Å². The molecule has 0 amide bonds. The van der Waals surface area contributed by atoms with Crippen molar-refractivity contribution in [1.82, 2.24) is 14.8 Å². The molecule has 0 saturated carbocycles. The highest BCUT2D eigenvalue weighted by Gasteiger charge is 2.16. The van der Waals surface area contributed by atoms with E-state index in [4.69, 9.17) is 0 Å². The molecule has 0 saturated heterocycles. The molecule has 1 aromatic carbocycles. The Labute approximate surface area is 130 Å². The smallest absolute Gasteiger partial charge is 0.165 e. The fourth-order valence-corrected chi connectivity index (χ4v) is 2.87. The quantitative estimate of drug-likeness (QED) is 0.720. The van der Waals surface area contributed by atoms with E-state index in [-0.39, 0.29) is 0 Å². The first-order valence-electron chi connectivity index (χ1n) is 6.28. The average Bonchev–Trinajstić information content (AvgIpc) is 2.75. The molecule has 19 heavy (non-hydrogen) atoms. The Morgan fingerprint density at radius 1 is 1.26 bits per heavy atom. The normalized spacial score (nSPS) is 11.3. The van der Waals surface area contributed by atoms with Crippen molar-refractivity contribution in [2.45, 2.75) is 32.6 Å². The maximum Gasteiger partial charge on any atom is 0.165 e. The van der Waals surface area contributed by atoms with Crippen LogP contribution in [0.4, 0.5) is 0 Å². The van der Waals surface area contributed by atoms with Gasteiger partial charge in [0.1, 0.15) is 5.82 Å². The van der Waals surface area contributed by atoms with E-state index >= 15 is 0 Å². The van der Waals surface area contributed by atoms with Gasteiger partial charge >= 0.3 is 0 Å². The van der Waals surface area contributed by atoms with E-state index in [2.05, 4.69) is 85.6 Å². The van der Waals surface area contributed by atoms with Crippen molar-refractivity contribution in [3.05, 3.63) is 34.1 Å². The Kier molecular flexibility index (Phi) is 4.79. The van der Waals surface area contributed by atoms with Crippen LogP contribution in [0.3, 0.4) is 0 Å². The zero-order valence-corrected chi connectivity index (χ0v) is 14.5. The van der Waals surface area contributed by atoms with Gasteiger partial charge < -0.3 is 4.57 Å². The molecular formula is C14H17Br2N3. The highest BCUT2D eigenvalue weighted by Crippen LogP contribution is 2.30. The van der Waals surface area contributed by atoms with E-state index in [1.54, 1.807) is 0 Å². The number of aryl methyl sites for hydroxylation is 1. The van der Waals surface area contributed by atoms with Gasteiger partial charge in [-0.1, -0.05) is 48.0 Å². The minimum absolute atomic E-state index is 0.552. The Morgan fingerprint density at radius 3 is 2.63 bits per heavy atom. The maximum absolute atomic E-state index is 4.37. The molecule has 0 aliphatic heterocycles. The van der Waals surface area contributed by atoms with Gasteiger partial charge in [0.05, 0.1) is 5.33 Å². The highest BCUT2D eigenvalue weighted by atomic mass is 79.9. The van der Waals surface area contributed by atoms with Crippen molar-refractivity contribution in [2.75, 3.05) is 0 Å². The first-order chi connectivity index (χ1) is 9.04. The van der Waals surface area contributed by atoms with Crippen molar-refractivity contribution in [3.63, 3.8) is 0 Å². The van der Waals surface area contributed by atoms with Crippen LogP contribution in [0, 0.1) is 12.8 Å². The number of rotatable bonds is 4. The number of aromatic nitrogens is 3. The predicted octanol–water partition coefficient (Wildman–Crippen LogP) is 4.57. The molecule has 2 aromatic rings. The molecule has 0 fully saturated rings. The molecule has 0 N–H and O–H groups in total. The summed E-state index contributed by atoms with van der Waals surface area (Å²) in [7, 11) is 0. The van der Waals surface area contributed by atoms with Gasteiger partial charge in [-0.25, -0.2) is 0 Å². The van der Waals surface area contributed by atoms with Crippen LogP contribution in [0.1, 0.15) is 25.2 Å². The minimum atomic E-state index is 0.552. The van der Waals surface area contributed by atoms with Crippen molar-refractivity contribution >= 4 is 31.9 Å². The second-order valence-corrected chi connectivity index (χ2v) is 6.37. The molecule has 2 rings (SSSR count). The lowest BCUT2D eigenvalue weighted by Gasteiger charge is -2.13. The SMILES string of the molecule is Cc1cccc(-c2nnc(CBr)n2CC(C)C)c1Br. The molecule has 1 heterocycles. The monoisotopic (exact) mass is 385 g/mol. The fraction of sp³-hybridized carbons (Fsp3) is 0.429. The van der Waals surface area contributed by atoms with Crippen LogP contribution >= 0.6 is 31.9 Å². The van der Waals surface area contributed by atoms with E-state index in [9.17, 15) is 0 Å². The van der Waals surface area contributed by atoms with E-state index < -0.39 is 0 Å². The van der Waals surface area contributed by atoms with Crippen LogP contribution in [0.25, 0.3) is 11.4 Å². The summed E-state index contributed by atoms with van der Waals surface area (Å²) in [5, 5.41) is 9.36. The van der Waals surface area contributed by atoms with Gasteiger partial charge in [0.25, 0.3) is 0 Å². The number of halogens is 2. The van der Waals surface area contributed by atoms with Crippen LogP contribution in [-0.2, 0) is 11.9 Å². The molecule has 0 atom stereocenters. The second kappa shape index (κ2) is 6.18. The molecule has 0 spiro atoms. The zero-order chi connectivity index (χ0) is 14.0. The number of hydrogen-bond acceptors (Lipinski definition) is 2. The molecule has 0 aliphatic rings. The molecule has 0 bridgehead atoms. The van der Waals surface area contributed by atoms with Crippen LogP contribution in [0.5, 0.6) is 0 Å². The van der Waals surface area contributed by atoms with Crippen molar-refractivity contribution in [3.8, 4) is 11.4 Å². The lowest BCUT2D eigenvalue weighted by atomic mass is 10.1. The molecule has 3 nitrogen and oxygen atoms in total. The van der Waals surface area contributed by atoms with E-state index in [1.165, 1.54) is 5.56 Å². The lowest BCUT2D eigenvalue weighted by Crippen LogP contribution is -2.09. The van der Waals surface area contributed by atoms with Gasteiger partial charge in [0, 0.05) is 16.6 Å². The second-order valence-electron chi connectivity index (χ2n) is 5.01. The van der Waals surface area contributed by atoms with Gasteiger partial charge in [0.15, 0.2) is 5.82 Å². The first-order valence-corrected chi connectivity index (χ1v) is 8.19. The summed E-state index contributed by atoms with van der Waals surface area (Å²) in [6.07, 6.45) is 0. The Balaban J connectivity index is 2.55. The molecule has 1 aromatic heterocycles. The highest BCUT2D eigenvalue weighted by molar-refractivity contribution is 9.10. The third kappa shape index (κ3) is 3.08. The summed E-state index contributed by atoms with van der Waals surface area (Å²) in [6.45, 7) is 7.41. The van der Waals surface area contributed by atoms with Gasteiger partial charge in [-0.3, -0.25) is 0 Å². The van der Waals surface area contributed by atoms with Crippen LogP contribution in [0.2, 0.25) is 0 Å². The molecule has 0 unspecified atom stereocenters. The van der Waals surface area contributed by atoms with E-state index in [0.717, 1.165) is 33.6 Å². The van der Waals surface area contributed by atoms with Gasteiger partial charge in [-0.15, -0.1) is 10.2 Å². The third-order valence-corrected chi connectivity index (χ3v) is 4.48. The van der Waals surface area contributed by atoms with E-state index in [1.807, 2.05) is 0 Å². The molecular weight excluding hydrogens is 370 g/mol. The maximum atomic E-state index is 4.37. The van der Waals surface area contributed by atoms with Crippen LogP contribution in [-0.4, -0.2) is 14.8 Å². The van der Waals surface area contributed by atoms with E-state index in [0.29, 0.717) is 5.92 Å². The Hall–Kier alpha value is -0.680. The average molecular weight is 387 g/mol. The topological polar surface area (TPSA) is 30.7 Å². The predicted molar refractivity (Wildman–Crippen MR) is 85.4 cm³/mol.